The average Bonchev–Trinajstić information content (AvgIpc) is 2.92. The van der Waals surface area contributed by atoms with Gasteiger partial charge < -0.3 is 0 Å². The molecule has 0 saturated heterocycles. The maximum Gasteiger partial charge on any atom is 0.123 e. The van der Waals surface area contributed by atoms with Gasteiger partial charge in [0.25, 0.3) is 0 Å². The van der Waals surface area contributed by atoms with E-state index in [1.165, 1.54) is 18.2 Å². The molecule has 1 aromatic heterocycles. The summed E-state index contributed by atoms with van der Waals surface area (Å²) in [7, 11) is 0. The molecule has 0 unspecified atom stereocenters. The van der Waals surface area contributed by atoms with Crippen LogP contribution in [-0.2, 0) is 13.1 Å². The summed E-state index contributed by atoms with van der Waals surface area (Å²) in [6, 6.07) is 6.20. The van der Waals surface area contributed by atoms with Gasteiger partial charge in [-0.15, -0.1) is 5.10 Å². The average molecular weight is 287 g/mol. The molecule has 0 bridgehead atoms. The third-order valence-electron chi connectivity index (χ3n) is 3.39. The van der Waals surface area contributed by atoms with Gasteiger partial charge in [0.2, 0.25) is 0 Å². The molecule has 0 aliphatic heterocycles. The fourth-order valence-corrected chi connectivity index (χ4v) is 2.14. The van der Waals surface area contributed by atoms with Crippen LogP contribution in [0.1, 0.15) is 30.7 Å². The van der Waals surface area contributed by atoms with Gasteiger partial charge in [0.15, 0.2) is 0 Å². The lowest BCUT2D eigenvalue weighted by atomic mass is 10.1. The molecule has 0 aliphatic rings. The van der Waals surface area contributed by atoms with Crippen LogP contribution in [0.4, 0.5) is 4.39 Å². The van der Waals surface area contributed by atoms with E-state index in [-0.39, 0.29) is 5.82 Å². The number of hydrogen-bond acceptors (Lipinski definition) is 4. The molecule has 110 valence electrons. The maximum absolute atomic E-state index is 13.3. The largest absolute Gasteiger partial charge is 0.298 e. The Morgan fingerprint density at radius 2 is 2.10 bits per heavy atom. The quantitative estimate of drug-likeness (QED) is 0.817. The lowest BCUT2D eigenvalue weighted by Gasteiger charge is -2.15. The first-order valence-corrected chi connectivity index (χ1v) is 6.96. The van der Waals surface area contributed by atoms with Crippen LogP contribution in [0.25, 0.3) is 0 Å². The van der Waals surface area contributed by atoms with Gasteiger partial charge in [0, 0.05) is 6.54 Å². The van der Waals surface area contributed by atoms with E-state index in [0.717, 1.165) is 25.3 Å². The Bertz CT molecular complexity index is 640. The first-order valence-electron chi connectivity index (χ1n) is 6.96. The van der Waals surface area contributed by atoms with E-state index >= 15 is 0 Å². The molecule has 0 N–H and O–H groups in total. The van der Waals surface area contributed by atoms with E-state index in [2.05, 4.69) is 35.1 Å². The Balaban J connectivity index is 2.13. The lowest BCUT2D eigenvalue weighted by molar-refractivity contribution is 0.292. The van der Waals surface area contributed by atoms with Gasteiger partial charge in [-0.1, -0.05) is 19.1 Å². The molecule has 0 fully saturated rings. The summed E-state index contributed by atoms with van der Waals surface area (Å²) in [6.07, 6.45) is 1.84. The molecule has 21 heavy (non-hydrogen) atoms. The van der Waals surface area contributed by atoms with Crippen LogP contribution in [0, 0.1) is 17.1 Å². The SMILES string of the molecule is CCN(CC)Cc1cn(Cc2cc(F)ccc2C#N)nn1. The zero-order valence-electron chi connectivity index (χ0n) is 12.3. The Hall–Kier alpha value is -2.26. The van der Waals surface area contributed by atoms with Crippen molar-refractivity contribution in [2.24, 2.45) is 0 Å². The summed E-state index contributed by atoms with van der Waals surface area (Å²) < 4.78 is 14.9. The predicted octanol–water partition coefficient (Wildman–Crippen LogP) is 2.18. The van der Waals surface area contributed by atoms with Crippen LogP contribution < -0.4 is 0 Å². The number of hydrogen-bond donors (Lipinski definition) is 0. The van der Waals surface area contributed by atoms with Gasteiger partial charge in [-0.3, -0.25) is 4.90 Å². The zero-order chi connectivity index (χ0) is 15.2. The van der Waals surface area contributed by atoms with Crippen molar-refractivity contribution in [1.29, 1.82) is 5.26 Å². The Morgan fingerprint density at radius 1 is 1.33 bits per heavy atom. The molecule has 6 heteroatoms. The summed E-state index contributed by atoms with van der Waals surface area (Å²) in [5, 5.41) is 17.2. The van der Waals surface area contributed by atoms with E-state index in [9.17, 15) is 4.39 Å². The molecular weight excluding hydrogens is 269 g/mol. The van der Waals surface area contributed by atoms with Crippen molar-refractivity contribution >= 4 is 0 Å². The van der Waals surface area contributed by atoms with Crippen LogP contribution in [-0.4, -0.2) is 33.0 Å². The van der Waals surface area contributed by atoms with Crippen LogP contribution in [0.5, 0.6) is 0 Å². The Labute approximate surface area is 123 Å². The number of benzene rings is 1. The Morgan fingerprint density at radius 3 is 2.76 bits per heavy atom. The first-order chi connectivity index (χ1) is 10.2. The van der Waals surface area contributed by atoms with Crippen LogP contribution in [0.2, 0.25) is 0 Å². The highest BCUT2D eigenvalue weighted by Crippen LogP contribution is 2.12. The van der Waals surface area contributed by atoms with E-state index in [1.54, 1.807) is 4.68 Å². The third-order valence-corrected chi connectivity index (χ3v) is 3.39. The third kappa shape index (κ3) is 3.86. The normalized spacial score (nSPS) is 10.8. The van der Waals surface area contributed by atoms with Gasteiger partial charge in [0.05, 0.1) is 30.1 Å². The van der Waals surface area contributed by atoms with Gasteiger partial charge in [-0.05, 0) is 36.9 Å². The highest BCUT2D eigenvalue weighted by atomic mass is 19.1. The molecule has 0 saturated carbocycles. The van der Waals surface area contributed by atoms with E-state index < -0.39 is 0 Å². The number of aromatic nitrogens is 3. The first kappa shape index (κ1) is 15.1. The van der Waals surface area contributed by atoms with E-state index in [4.69, 9.17) is 5.26 Å². The molecule has 0 amide bonds. The minimum atomic E-state index is -0.354. The monoisotopic (exact) mass is 287 g/mol. The van der Waals surface area contributed by atoms with Crippen molar-refractivity contribution in [3.8, 4) is 6.07 Å². The minimum absolute atomic E-state index is 0.339. The van der Waals surface area contributed by atoms with E-state index in [1.807, 2.05) is 6.20 Å². The zero-order valence-corrected chi connectivity index (χ0v) is 12.3. The second-order valence-electron chi connectivity index (χ2n) is 4.78. The van der Waals surface area contributed by atoms with E-state index in [0.29, 0.717) is 17.7 Å². The van der Waals surface area contributed by atoms with Crippen molar-refractivity contribution < 1.29 is 4.39 Å². The maximum atomic E-state index is 13.3. The summed E-state index contributed by atoms with van der Waals surface area (Å²) >= 11 is 0. The summed E-state index contributed by atoms with van der Waals surface area (Å²) in [6.45, 7) is 7.17. The number of nitrogens with zero attached hydrogens (tertiary/aromatic N) is 5. The molecule has 0 radical (unpaired) electrons. The van der Waals surface area contributed by atoms with Gasteiger partial charge >= 0.3 is 0 Å². The van der Waals surface area contributed by atoms with Crippen molar-refractivity contribution in [2.75, 3.05) is 13.1 Å². The van der Waals surface area contributed by atoms with Gasteiger partial charge in [-0.25, -0.2) is 9.07 Å². The fraction of sp³-hybridized carbons (Fsp3) is 0.400. The Kier molecular flexibility index (Phi) is 5.01. The van der Waals surface area contributed by atoms with Crippen molar-refractivity contribution in [2.45, 2.75) is 26.9 Å². The minimum Gasteiger partial charge on any atom is -0.298 e. The smallest absolute Gasteiger partial charge is 0.123 e. The molecular formula is C15H18FN5. The second kappa shape index (κ2) is 6.95. The van der Waals surface area contributed by atoms with Crippen molar-refractivity contribution in [3.63, 3.8) is 0 Å². The van der Waals surface area contributed by atoms with Gasteiger partial charge in [-0.2, -0.15) is 5.26 Å². The highest BCUT2D eigenvalue weighted by molar-refractivity contribution is 5.37. The topological polar surface area (TPSA) is 57.7 Å². The number of rotatable bonds is 6. The van der Waals surface area contributed by atoms with Crippen molar-refractivity contribution in [1.82, 2.24) is 19.9 Å². The van der Waals surface area contributed by atoms with Crippen LogP contribution in [0.3, 0.4) is 0 Å². The predicted molar refractivity (Wildman–Crippen MR) is 76.9 cm³/mol. The molecule has 1 aromatic carbocycles. The summed E-state index contributed by atoms with van der Waals surface area (Å²) in [5.74, 6) is -0.354. The number of nitriles is 1. The summed E-state index contributed by atoms with van der Waals surface area (Å²) in [4.78, 5) is 2.23. The number of halogens is 1. The van der Waals surface area contributed by atoms with Crippen molar-refractivity contribution in [3.05, 3.63) is 47.0 Å². The molecule has 0 aliphatic carbocycles. The molecule has 2 rings (SSSR count). The molecule has 1 heterocycles. The lowest BCUT2D eigenvalue weighted by Crippen LogP contribution is -2.22. The van der Waals surface area contributed by atoms with Crippen LogP contribution in [0.15, 0.2) is 24.4 Å². The molecule has 5 nitrogen and oxygen atoms in total. The summed E-state index contributed by atoms with van der Waals surface area (Å²) in [5.41, 5.74) is 1.93. The fourth-order valence-electron chi connectivity index (χ4n) is 2.14. The second-order valence-corrected chi connectivity index (χ2v) is 4.78. The highest BCUT2D eigenvalue weighted by Gasteiger charge is 2.08. The molecule has 2 aromatic rings. The van der Waals surface area contributed by atoms with Gasteiger partial charge in [0.1, 0.15) is 5.82 Å². The molecule has 0 atom stereocenters. The van der Waals surface area contributed by atoms with Crippen LogP contribution >= 0.6 is 0 Å². The molecule has 0 spiro atoms. The standard InChI is InChI=1S/C15H18FN5/c1-3-20(4-2)10-15-11-21(19-18-15)9-13-7-14(16)6-5-12(13)8-17/h5-7,11H,3-4,9-10H2,1-2H3.